The van der Waals surface area contributed by atoms with Gasteiger partial charge in [-0.15, -0.1) is 11.8 Å². The van der Waals surface area contributed by atoms with Gasteiger partial charge in [0.05, 0.1) is 10.6 Å². The average molecular weight is 299 g/mol. The fraction of sp³-hybridized carbons (Fsp3) is 0.571. The number of nitrogens with two attached hydrogens (primary N) is 1. The molecule has 0 amide bonds. The van der Waals surface area contributed by atoms with Gasteiger partial charge in [0.25, 0.3) is 0 Å². The van der Waals surface area contributed by atoms with Crippen LogP contribution in [0, 0.1) is 5.92 Å². The number of sulfone groups is 1. The molecule has 2 N–H and O–H groups in total. The van der Waals surface area contributed by atoms with Crippen LogP contribution in [-0.4, -0.2) is 19.9 Å². The maximum absolute atomic E-state index is 11.7. The van der Waals surface area contributed by atoms with Crippen molar-refractivity contribution in [1.29, 1.82) is 0 Å². The Balaban J connectivity index is 2.21. The summed E-state index contributed by atoms with van der Waals surface area (Å²) in [6.07, 6.45) is 6.14. The summed E-state index contributed by atoms with van der Waals surface area (Å²) in [7, 11) is -3.25. The van der Waals surface area contributed by atoms with Crippen molar-refractivity contribution in [3.05, 3.63) is 18.2 Å². The molecule has 19 heavy (non-hydrogen) atoms. The number of thioether (sulfide) groups is 1. The van der Waals surface area contributed by atoms with Crippen LogP contribution in [-0.2, 0) is 9.84 Å². The van der Waals surface area contributed by atoms with E-state index in [1.165, 1.54) is 31.9 Å². The lowest BCUT2D eigenvalue weighted by Gasteiger charge is -2.26. The second-order valence-electron chi connectivity index (χ2n) is 5.45. The number of anilines is 1. The van der Waals surface area contributed by atoms with Crippen molar-refractivity contribution in [2.45, 2.75) is 47.6 Å². The van der Waals surface area contributed by atoms with Gasteiger partial charge >= 0.3 is 0 Å². The molecule has 2 rings (SSSR count). The summed E-state index contributed by atoms with van der Waals surface area (Å²) in [5.74, 6) is 0.755. The van der Waals surface area contributed by atoms with Gasteiger partial charge in [-0.25, -0.2) is 8.42 Å². The van der Waals surface area contributed by atoms with Crippen LogP contribution in [0.5, 0.6) is 0 Å². The van der Waals surface area contributed by atoms with Gasteiger partial charge in [-0.2, -0.15) is 0 Å². The first-order valence-corrected chi connectivity index (χ1v) is 9.40. The Morgan fingerprint density at radius 1 is 1.32 bits per heavy atom. The molecule has 1 aromatic rings. The van der Waals surface area contributed by atoms with E-state index in [1.807, 2.05) is 6.07 Å². The lowest BCUT2D eigenvalue weighted by molar-refractivity contribution is 0.394. The van der Waals surface area contributed by atoms with Crippen LogP contribution in [0.25, 0.3) is 0 Å². The van der Waals surface area contributed by atoms with Gasteiger partial charge in [-0.1, -0.05) is 25.8 Å². The molecule has 0 radical (unpaired) electrons. The average Bonchev–Trinajstić information content (AvgIpc) is 2.30. The van der Waals surface area contributed by atoms with Crippen LogP contribution in [0.4, 0.5) is 5.69 Å². The second kappa shape index (κ2) is 5.75. The zero-order chi connectivity index (χ0) is 14.0. The highest BCUT2D eigenvalue weighted by Gasteiger charge is 2.22. The first-order chi connectivity index (χ1) is 8.88. The monoisotopic (exact) mass is 299 g/mol. The predicted molar refractivity (Wildman–Crippen MR) is 81.2 cm³/mol. The molecule has 0 bridgehead atoms. The minimum Gasteiger partial charge on any atom is -0.397 e. The number of benzene rings is 1. The molecule has 0 heterocycles. The normalized spacial score (nSPS) is 24.3. The Bertz CT molecular complexity index is 555. The molecule has 0 aromatic heterocycles. The van der Waals surface area contributed by atoms with Crippen LogP contribution in [0.3, 0.4) is 0 Å². The van der Waals surface area contributed by atoms with Crippen molar-refractivity contribution in [1.82, 2.24) is 0 Å². The summed E-state index contributed by atoms with van der Waals surface area (Å²) in [5.41, 5.74) is 6.43. The molecule has 1 aromatic carbocycles. The van der Waals surface area contributed by atoms with Gasteiger partial charge in [-0.3, -0.25) is 0 Å². The van der Waals surface area contributed by atoms with Crippen LogP contribution in [0.15, 0.2) is 28.0 Å². The van der Waals surface area contributed by atoms with Gasteiger partial charge in [0, 0.05) is 16.4 Å². The molecule has 0 spiro atoms. The Morgan fingerprint density at radius 2 is 2.05 bits per heavy atom. The van der Waals surface area contributed by atoms with Gasteiger partial charge in [0.2, 0.25) is 0 Å². The van der Waals surface area contributed by atoms with Crippen LogP contribution >= 0.6 is 11.8 Å². The molecular formula is C14H21NO2S2. The minimum absolute atomic E-state index is 0.251. The molecule has 106 valence electrons. The van der Waals surface area contributed by atoms with Gasteiger partial charge in [0.15, 0.2) is 9.84 Å². The van der Waals surface area contributed by atoms with Crippen molar-refractivity contribution in [3.8, 4) is 0 Å². The first kappa shape index (κ1) is 14.7. The SMILES string of the molecule is CC1CCCC(Sc2cccc(S(C)(=O)=O)c2N)C1. The lowest BCUT2D eigenvalue weighted by atomic mass is 9.91. The van der Waals surface area contributed by atoms with E-state index in [1.54, 1.807) is 23.9 Å². The molecule has 1 aliphatic carbocycles. The molecule has 1 fully saturated rings. The maximum Gasteiger partial charge on any atom is 0.177 e. The minimum atomic E-state index is -3.25. The van der Waals surface area contributed by atoms with Crippen LogP contribution < -0.4 is 5.73 Å². The Morgan fingerprint density at radius 3 is 2.68 bits per heavy atom. The van der Waals surface area contributed by atoms with E-state index in [0.29, 0.717) is 10.9 Å². The first-order valence-electron chi connectivity index (χ1n) is 6.63. The van der Waals surface area contributed by atoms with E-state index in [-0.39, 0.29) is 4.90 Å². The molecule has 1 aliphatic rings. The van der Waals surface area contributed by atoms with Crippen LogP contribution in [0.1, 0.15) is 32.6 Å². The lowest BCUT2D eigenvalue weighted by Crippen LogP contribution is -2.15. The van der Waals surface area contributed by atoms with Gasteiger partial charge < -0.3 is 5.73 Å². The standard InChI is InChI=1S/C14H21NO2S2/c1-10-5-3-6-11(9-10)18-12-7-4-8-13(14(12)15)19(2,16)17/h4,7-8,10-11H,3,5-6,9,15H2,1-2H3. The number of hydrogen-bond donors (Lipinski definition) is 1. The second-order valence-corrected chi connectivity index (χ2v) is 8.78. The fourth-order valence-electron chi connectivity index (χ4n) is 2.62. The summed E-state index contributed by atoms with van der Waals surface area (Å²) in [6.45, 7) is 2.28. The van der Waals surface area contributed by atoms with Crippen molar-refractivity contribution in [3.63, 3.8) is 0 Å². The van der Waals surface area contributed by atoms with Crippen LogP contribution in [0.2, 0.25) is 0 Å². The number of hydrogen-bond acceptors (Lipinski definition) is 4. The molecule has 3 nitrogen and oxygen atoms in total. The number of nitrogen functional groups attached to an aromatic ring is 1. The van der Waals surface area contributed by atoms with Crippen molar-refractivity contribution in [2.75, 3.05) is 12.0 Å². The molecule has 5 heteroatoms. The topological polar surface area (TPSA) is 60.2 Å². The summed E-state index contributed by atoms with van der Waals surface area (Å²) < 4.78 is 23.3. The van der Waals surface area contributed by atoms with Crippen molar-refractivity contribution < 1.29 is 8.42 Å². The largest absolute Gasteiger partial charge is 0.397 e. The highest BCUT2D eigenvalue weighted by molar-refractivity contribution is 8.00. The number of rotatable bonds is 3. The smallest absolute Gasteiger partial charge is 0.177 e. The van der Waals surface area contributed by atoms with Gasteiger partial charge in [-0.05, 0) is 30.9 Å². The molecule has 0 saturated heterocycles. The van der Waals surface area contributed by atoms with E-state index in [4.69, 9.17) is 5.73 Å². The Kier molecular flexibility index (Phi) is 4.46. The Labute approximate surface area is 119 Å². The number of para-hydroxylation sites is 1. The van der Waals surface area contributed by atoms with E-state index in [9.17, 15) is 8.42 Å². The fourth-order valence-corrected chi connectivity index (χ4v) is 4.98. The van der Waals surface area contributed by atoms with E-state index >= 15 is 0 Å². The maximum atomic E-state index is 11.7. The molecule has 1 saturated carbocycles. The zero-order valence-electron chi connectivity index (χ0n) is 11.4. The molecular weight excluding hydrogens is 278 g/mol. The molecule has 2 atom stereocenters. The van der Waals surface area contributed by atoms with Gasteiger partial charge in [0.1, 0.15) is 0 Å². The van der Waals surface area contributed by atoms with Crippen molar-refractivity contribution in [2.24, 2.45) is 5.92 Å². The van der Waals surface area contributed by atoms with E-state index < -0.39 is 9.84 Å². The quantitative estimate of drug-likeness (QED) is 0.870. The molecule has 0 aliphatic heterocycles. The Hall–Kier alpha value is -0.680. The summed E-state index contributed by atoms with van der Waals surface area (Å²) in [6, 6.07) is 5.29. The zero-order valence-corrected chi connectivity index (χ0v) is 13.1. The summed E-state index contributed by atoms with van der Waals surface area (Å²) in [4.78, 5) is 1.16. The third kappa shape index (κ3) is 3.66. The highest BCUT2D eigenvalue weighted by atomic mass is 32.2. The third-order valence-electron chi connectivity index (χ3n) is 3.61. The summed E-state index contributed by atoms with van der Waals surface area (Å²) >= 11 is 1.74. The van der Waals surface area contributed by atoms with Crippen molar-refractivity contribution >= 4 is 27.3 Å². The summed E-state index contributed by atoms with van der Waals surface area (Å²) in [5, 5.41) is 0.556. The predicted octanol–water partition coefficient (Wildman–Crippen LogP) is 3.34. The molecule has 2 unspecified atom stereocenters. The van der Waals surface area contributed by atoms with E-state index in [0.717, 1.165) is 10.8 Å². The van der Waals surface area contributed by atoms with E-state index in [2.05, 4.69) is 6.92 Å². The highest BCUT2D eigenvalue weighted by Crippen LogP contribution is 2.39. The third-order valence-corrected chi connectivity index (χ3v) is 6.13.